The van der Waals surface area contributed by atoms with Gasteiger partial charge >= 0.3 is 6.09 Å². The molecule has 0 N–H and O–H groups in total. The molecule has 0 atom stereocenters. The van der Waals surface area contributed by atoms with Gasteiger partial charge in [-0.3, -0.25) is 9.69 Å². The van der Waals surface area contributed by atoms with Crippen LogP contribution in [0.3, 0.4) is 0 Å². The molecule has 20 heavy (non-hydrogen) atoms. The lowest BCUT2D eigenvalue weighted by molar-refractivity contribution is 0.0983. The Bertz CT molecular complexity index is 554. The molecule has 0 bridgehead atoms. The molecule has 1 aliphatic rings. The number of rotatable bonds is 1. The van der Waals surface area contributed by atoms with Gasteiger partial charge in [-0.05, 0) is 44.9 Å². The molecule has 1 aliphatic heterocycles. The maximum absolute atomic E-state index is 12.2. The summed E-state index contributed by atoms with van der Waals surface area (Å²) in [5, 5.41) is 0.542. The first kappa shape index (κ1) is 14.9. The first-order valence-electron chi connectivity index (χ1n) is 6.72. The van der Waals surface area contributed by atoms with Crippen LogP contribution in [0.2, 0.25) is 5.02 Å². The van der Waals surface area contributed by atoms with Crippen LogP contribution >= 0.6 is 11.6 Å². The van der Waals surface area contributed by atoms with Gasteiger partial charge in [0, 0.05) is 23.6 Å². The van der Waals surface area contributed by atoms with Crippen LogP contribution in [0.1, 0.15) is 42.6 Å². The quantitative estimate of drug-likeness (QED) is 0.787. The Kier molecular flexibility index (Phi) is 4.33. The van der Waals surface area contributed by atoms with Crippen LogP contribution < -0.4 is 4.90 Å². The maximum Gasteiger partial charge on any atom is 0.414 e. The van der Waals surface area contributed by atoms with Gasteiger partial charge in [0.1, 0.15) is 0 Å². The highest BCUT2D eigenvalue weighted by Gasteiger charge is 2.28. The number of fused-ring (bicyclic) bond motifs is 1. The van der Waals surface area contributed by atoms with Gasteiger partial charge in [-0.25, -0.2) is 4.79 Å². The number of Topliss-reactive ketones (excluding diaryl/α,β-unsaturated/α-hetero) is 1. The number of anilines is 1. The van der Waals surface area contributed by atoms with Crippen LogP contribution in [0.5, 0.6) is 0 Å². The largest absolute Gasteiger partial charge is 0.446 e. The Morgan fingerprint density at radius 3 is 2.75 bits per heavy atom. The smallest absolute Gasteiger partial charge is 0.414 e. The van der Waals surface area contributed by atoms with E-state index in [0.717, 1.165) is 5.56 Å². The molecule has 0 aromatic heterocycles. The summed E-state index contributed by atoms with van der Waals surface area (Å²) in [6.07, 6.45) is 0.419. The third-order valence-electron chi connectivity index (χ3n) is 3.28. The summed E-state index contributed by atoms with van der Waals surface area (Å²) in [6, 6.07) is 3.39. The first-order valence-corrected chi connectivity index (χ1v) is 7.10. The van der Waals surface area contributed by atoms with Gasteiger partial charge < -0.3 is 4.74 Å². The number of ether oxygens (including phenoxy) is 1. The van der Waals surface area contributed by atoms with Crippen LogP contribution in [0.25, 0.3) is 0 Å². The molecular weight excluding hydrogens is 278 g/mol. The summed E-state index contributed by atoms with van der Waals surface area (Å²) in [7, 11) is 0. The third-order valence-corrected chi connectivity index (χ3v) is 3.69. The van der Waals surface area contributed by atoms with E-state index < -0.39 is 6.09 Å². The lowest BCUT2D eigenvalue weighted by Gasteiger charge is -2.25. The van der Waals surface area contributed by atoms with Gasteiger partial charge in [-0.1, -0.05) is 11.6 Å². The zero-order valence-corrected chi connectivity index (χ0v) is 12.7. The molecule has 0 fully saturated rings. The second kappa shape index (κ2) is 5.83. The summed E-state index contributed by atoms with van der Waals surface area (Å²) in [6.45, 7) is 5.88. The fourth-order valence-electron chi connectivity index (χ4n) is 2.34. The minimum Gasteiger partial charge on any atom is -0.446 e. The molecule has 0 saturated heterocycles. The summed E-state index contributed by atoms with van der Waals surface area (Å²) >= 11 is 6.13. The van der Waals surface area contributed by atoms with Crippen molar-refractivity contribution in [3.05, 3.63) is 28.3 Å². The van der Waals surface area contributed by atoms with Crippen LogP contribution in [-0.2, 0) is 4.74 Å². The summed E-state index contributed by atoms with van der Waals surface area (Å²) in [5.74, 6) is 0.0413. The van der Waals surface area contributed by atoms with Crippen molar-refractivity contribution < 1.29 is 14.3 Å². The fourth-order valence-corrected chi connectivity index (χ4v) is 2.49. The van der Waals surface area contributed by atoms with Crippen molar-refractivity contribution in [1.82, 2.24) is 0 Å². The number of carbonyl (C=O) groups excluding carboxylic acids is 2. The lowest BCUT2D eigenvalue weighted by Crippen LogP contribution is -2.34. The highest BCUT2D eigenvalue weighted by Crippen LogP contribution is 2.34. The van der Waals surface area contributed by atoms with Crippen molar-refractivity contribution >= 4 is 29.2 Å². The molecule has 0 aliphatic carbocycles. The van der Waals surface area contributed by atoms with Crippen LogP contribution in [0, 0.1) is 6.92 Å². The van der Waals surface area contributed by atoms with Crippen LogP contribution in [-0.4, -0.2) is 24.5 Å². The number of hydrogen-bond donors (Lipinski definition) is 0. The van der Waals surface area contributed by atoms with Crippen molar-refractivity contribution in [2.24, 2.45) is 0 Å². The second-order valence-corrected chi connectivity index (χ2v) is 5.59. The van der Waals surface area contributed by atoms with E-state index in [0.29, 0.717) is 35.7 Å². The minimum absolute atomic E-state index is 0.0413. The van der Waals surface area contributed by atoms with E-state index in [1.165, 1.54) is 4.90 Å². The molecule has 108 valence electrons. The molecule has 0 unspecified atom stereocenters. The minimum atomic E-state index is -0.429. The molecule has 4 nitrogen and oxygen atoms in total. The van der Waals surface area contributed by atoms with E-state index in [4.69, 9.17) is 16.3 Å². The number of carbonyl (C=O) groups is 2. The first-order chi connectivity index (χ1) is 9.41. The Balaban J connectivity index is 2.51. The standard InChI is InChI=1S/C15H18ClNO3/c1-9(2)20-15(19)17-8-4-5-13(18)11-6-7-12(16)10(3)14(11)17/h6-7,9H,4-5,8H2,1-3H3. The Hall–Kier alpha value is -1.55. The Morgan fingerprint density at radius 1 is 1.40 bits per heavy atom. The topological polar surface area (TPSA) is 46.6 Å². The molecule has 1 amide bonds. The number of nitrogens with zero attached hydrogens (tertiary/aromatic N) is 1. The lowest BCUT2D eigenvalue weighted by atomic mass is 10.0. The number of halogens is 1. The van der Waals surface area contributed by atoms with Crippen molar-refractivity contribution in [2.45, 2.75) is 39.7 Å². The average Bonchev–Trinajstić information content (AvgIpc) is 2.53. The maximum atomic E-state index is 12.2. The number of benzene rings is 1. The van der Waals surface area contributed by atoms with Crippen molar-refractivity contribution in [2.75, 3.05) is 11.4 Å². The normalized spacial score (nSPS) is 15.1. The molecule has 1 heterocycles. The number of ketones is 1. The van der Waals surface area contributed by atoms with E-state index in [2.05, 4.69) is 0 Å². The van der Waals surface area contributed by atoms with E-state index in [9.17, 15) is 9.59 Å². The van der Waals surface area contributed by atoms with Gasteiger partial charge in [0.15, 0.2) is 5.78 Å². The molecule has 1 aromatic rings. The van der Waals surface area contributed by atoms with Crippen molar-refractivity contribution in [3.63, 3.8) is 0 Å². The number of hydrogen-bond acceptors (Lipinski definition) is 3. The van der Waals surface area contributed by atoms with Gasteiger partial charge in [-0.15, -0.1) is 0 Å². The summed E-state index contributed by atoms with van der Waals surface area (Å²) < 4.78 is 5.26. The van der Waals surface area contributed by atoms with Crippen LogP contribution in [0.15, 0.2) is 12.1 Å². The molecule has 0 spiro atoms. The molecule has 5 heteroatoms. The van der Waals surface area contributed by atoms with E-state index in [1.54, 1.807) is 26.0 Å². The highest BCUT2D eigenvalue weighted by atomic mass is 35.5. The molecule has 0 saturated carbocycles. The second-order valence-electron chi connectivity index (χ2n) is 5.18. The van der Waals surface area contributed by atoms with Gasteiger partial charge in [0.25, 0.3) is 0 Å². The Labute approximate surface area is 123 Å². The molecular formula is C15H18ClNO3. The van der Waals surface area contributed by atoms with Crippen LogP contribution in [0.4, 0.5) is 10.5 Å². The monoisotopic (exact) mass is 295 g/mol. The van der Waals surface area contributed by atoms with Gasteiger partial charge in [0.05, 0.1) is 11.8 Å². The fraction of sp³-hybridized carbons (Fsp3) is 0.467. The van der Waals surface area contributed by atoms with Gasteiger partial charge in [0.2, 0.25) is 0 Å². The Morgan fingerprint density at radius 2 is 2.10 bits per heavy atom. The molecule has 0 radical (unpaired) electrons. The zero-order chi connectivity index (χ0) is 14.9. The number of amides is 1. The SMILES string of the molecule is Cc1c(Cl)ccc2c1N(C(=O)OC(C)C)CCCC2=O. The molecule has 1 aromatic carbocycles. The van der Waals surface area contributed by atoms with Gasteiger partial charge in [-0.2, -0.15) is 0 Å². The molecule has 2 rings (SSSR count). The van der Waals surface area contributed by atoms with Crippen molar-refractivity contribution in [1.29, 1.82) is 0 Å². The highest BCUT2D eigenvalue weighted by molar-refractivity contribution is 6.32. The van der Waals surface area contributed by atoms with E-state index >= 15 is 0 Å². The average molecular weight is 296 g/mol. The van der Waals surface area contributed by atoms with E-state index in [1.807, 2.05) is 6.92 Å². The van der Waals surface area contributed by atoms with Crippen molar-refractivity contribution in [3.8, 4) is 0 Å². The predicted octanol–water partition coefficient (Wildman–Crippen LogP) is 3.98. The van der Waals surface area contributed by atoms with E-state index in [-0.39, 0.29) is 11.9 Å². The third kappa shape index (κ3) is 2.80. The predicted molar refractivity (Wildman–Crippen MR) is 78.7 cm³/mol. The zero-order valence-electron chi connectivity index (χ0n) is 11.9. The summed E-state index contributed by atoms with van der Waals surface area (Å²) in [5.41, 5.74) is 1.87. The summed E-state index contributed by atoms with van der Waals surface area (Å²) in [4.78, 5) is 25.9.